The highest BCUT2D eigenvalue weighted by Crippen LogP contribution is 2.31. The van der Waals surface area contributed by atoms with E-state index in [1.807, 2.05) is 28.2 Å². The largest absolute Gasteiger partial charge is 0.493 e. The van der Waals surface area contributed by atoms with Crippen LogP contribution in [0.25, 0.3) is 22.3 Å². The molecule has 0 aliphatic carbocycles. The van der Waals surface area contributed by atoms with E-state index in [2.05, 4.69) is 19.8 Å². The summed E-state index contributed by atoms with van der Waals surface area (Å²) in [5.74, 6) is 1.82. The molecular weight excluding hydrogens is 483 g/mol. The van der Waals surface area contributed by atoms with E-state index in [0.29, 0.717) is 44.7 Å². The number of halogens is 3. The molecule has 0 saturated carbocycles. The van der Waals surface area contributed by atoms with E-state index in [4.69, 9.17) is 39.5 Å². The Bertz CT molecular complexity index is 1090. The van der Waals surface area contributed by atoms with E-state index in [-0.39, 0.29) is 5.56 Å². The minimum Gasteiger partial charge on any atom is -0.493 e. The normalized spacial score (nSPS) is 11.1. The number of nitrogens with zero attached hydrogens (tertiary/aromatic N) is 3. The summed E-state index contributed by atoms with van der Waals surface area (Å²) in [6, 6.07) is 10.3. The van der Waals surface area contributed by atoms with Gasteiger partial charge in [0.2, 0.25) is 0 Å². The van der Waals surface area contributed by atoms with Gasteiger partial charge in [-0.2, -0.15) is 0 Å². The van der Waals surface area contributed by atoms with Gasteiger partial charge in [0.05, 0.1) is 23.1 Å². The number of rotatable bonds is 9. The number of hydrogen-bond acceptors (Lipinski definition) is 5. The average molecular weight is 514 g/mol. The molecule has 3 aromatic rings. The molecule has 0 radical (unpaired) electrons. The second kappa shape index (κ2) is 13.8. The van der Waals surface area contributed by atoms with Crippen molar-refractivity contribution >= 4 is 45.7 Å². The van der Waals surface area contributed by atoms with E-state index in [0.717, 1.165) is 31.8 Å². The Hall–Kier alpha value is -1.83. The molecule has 33 heavy (non-hydrogen) atoms. The summed E-state index contributed by atoms with van der Waals surface area (Å²) in [4.78, 5) is 24.0. The lowest BCUT2D eigenvalue weighted by atomic mass is 10.1. The maximum Gasteiger partial charge on any atom is 0.259 e. The van der Waals surface area contributed by atoms with Crippen molar-refractivity contribution in [2.24, 2.45) is 0 Å². The van der Waals surface area contributed by atoms with Gasteiger partial charge in [0, 0.05) is 22.5 Å². The van der Waals surface area contributed by atoms with Crippen LogP contribution in [0.15, 0.2) is 41.2 Å². The number of nitrogens with one attached hydrogen (secondary N) is 1. The van der Waals surface area contributed by atoms with Crippen molar-refractivity contribution in [1.82, 2.24) is 19.8 Å². The molecule has 0 aliphatic heterocycles. The van der Waals surface area contributed by atoms with Gasteiger partial charge in [-0.3, -0.25) is 4.79 Å². The number of H-pyrrole nitrogens is 1. The number of aromatic nitrogens is 2. The zero-order valence-corrected chi connectivity index (χ0v) is 21.8. The van der Waals surface area contributed by atoms with Crippen LogP contribution in [0.3, 0.4) is 0 Å². The smallest absolute Gasteiger partial charge is 0.259 e. The van der Waals surface area contributed by atoms with Gasteiger partial charge in [0.15, 0.2) is 0 Å². The predicted molar refractivity (Wildman–Crippen MR) is 140 cm³/mol. The Morgan fingerprint density at radius 2 is 1.58 bits per heavy atom. The molecule has 1 N–H and O–H groups in total. The van der Waals surface area contributed by atoms with Crippen molar-refractivity contribution < 1.29 is 4.74 Å². The van der Waals surface area contributed by atoms with Gasteiger partial charge in [-0.15, -0.1) is 11.6 Å². The highest BCUT2D eigenvalue weighted by atomic mass is 35.5. The Morgan fingerprint density at radius 3 is 2.21 bits per heavy atom. The summed E-state index contributed by atoms with van der Waals surface area (Å²) < 4.78 is 5.90. The first-order valence-electron chi connectivity index (χ1n) is 10.7. The number of benzene rings is 2. The van der Waals surface area contributed by atoms with Gasteiger partial charge in [-0.25, -0.2) is 4.98 Å². The summed E-state index contributed by atoms with van der Waals surface area (Å²) in [7, 11) is 8.13. The second-order valence-corrected chi connectivity index (χ2v) is 9.32. The zero-order valence-electron chi connectivity index (χ0n) is 19.5. The van der Waals surface area contributed by atoms with Crippen LogP contribution in [0.5, 0.6) is 5.75 Å². The molecule has 0 aliphatic rings. The second-order valence-electron chi connectivity index (χ2n) is 8.07. The highest BCUT2D eigenvalue weighted by Gasteiger charge is 2.12. The minimum absolute atomic E-state index is 0.258. The monoisotopic (exact) mass is 512 g/mol. The van der Waals surface area contributed by atoms with E-state index in [9.17, 15) is 4.79 Å². The maximum absolute atomic E-state index is 12.4. The topological polar surface area (TPSA) is 61.5 Å². The van der Waals surface area contributed by atoms with Crippen LogP contribution in [-0.2, 0) is 0 Å². The molecule has 6 nitrogen and oxygen atoms in total. The standard InChI is InChI=1S/C19H19Cl2N3O2.C5H12ClN/c1-24(2)8-3-9-26-17-7-5-13(21)11-15(17)18-22-16-6-4-12(20)10-14(16)19(25)23-18;1-7(2)5-3-4-6/h4-7,10-11H,3,8-9H2,1-2H3,(H,22,23,25);3-5H2,1-2H3. The quantitative estimate of drug-likeness (QED) is 0.306. The van der Waals surface area contributed by atoms with Gasteiger partial charge in [-0.1, -0.05) is 23.2 Å². The summed E-state index contributed by atoms with van der Waals surface area (Å²) in [6.07, 6.45) is 1.98. The van der Waals surface area contributed by atoms with Crippen LogP contribution in [0, 0.1) is 0 Å². The fourth-order valence-electron chi connectivity index (χ4n) is 2.99. The number of fused-ring (bicyclic) bond motifs is 1. The van der Waals surface area contributed by atoms with Gasteiger partial charge in [0.25, 0.3) is 5.56 Å². The summed E-state index contributed by atoms with van der Waals surface area (Å²) in [5.41, 5.74) is 0.953. The number of ether oxygens (including phenoxy) is 1. The van der Waals surface area contributed by atoms with Crippen molar-refractivity contribution in [3.05, 3.63) is 56.8 Å². The van der Waals surface area contributed by atoms with Crippen LogP contribution in [0.4, 0.5) is 0 Å². The van der Waals surface area contributed by atoms with E-state index >= 15 is 0 Å². The van der Waals surface area contributed by atoms with Gasteiger partial charge in [0.1, 0.15) is 11.6 Å². The van der Waals surface area contributed by atoms with Crippen LogP contribution < -0.4 is 10.3 Å². The Balaban J connectivity index is 0.000000479. The zero-order chi connectivity index (χ0) is 24.4. The summed E-state index contributed by atoms with van der Waals surface area (Å²) in [6.45, 7) is 2.58. The first-order chi connectivity index (χ1) is 15.7. The molecule has 0 unspecified atom stereocenters. The van der Waals surface area contributed by atoms with E-state index in [1.54, 1.807) is 36.4 Å². The lowest BCUT2D eigenvalue weighted by Gasteiger charge is -2.13. The Labute approximate surface area is 210 Å². The van der Waals surface area contributed by atoms with Crippen LogP contribution in [0.1, 0.15) is 12.8 Å². The number of alkyl halides is 1. The highest BCUT2D eigenvalue weighted by molar-refractivity contribution is 6.31. The number of aromatic amines is 1. The molecule has 3 rings (SSSR count). The molecule has 0 fully saturated rings. The van der Waals surface area contributed by atoms with Crippen LogP contribution in [-0.4, -0.2) is 73.5 Å². The third kappa shape index (κ3) is 9.14. The molecular formula is C24H31Cl3N4O2. The van der Waals surface area contributed by atoms with Gasteiger partial charge >= 0.3 is 0 Å². The summed E-state index contributed by atoms with van der Waals surface area (Å²) in [5, 5.41) is 1.47. The van der Waals surface area contributed by atoms with Crippen molar-refractivity contribution in [3.8, 4) is 17.1 Å². The molecule has 1 aromatic heterocycles. The minimum atomic E-state index is -0.258. The third-order valence-electron chi connectivity index (χ3n) is 4.61. The fourth-order valence-corrected chi connectivity index (χ4v) is 3.45. The van der Waals surface area contributed by atoms with E-state index in [1.165, 1.54) is 0 Å². The maximum atomic E-state index is 12.4. The summed E-state index contributed by atoms with van der Waals surface area (Å²) >= 11 is 17.5. The molecule has 1 heterocycles. The fraction of sp³-hybridized carbons (Fsp3) is 0.417. The SMILES string of the molecule is CN(C)CCCCl.CN(C)CCCOc1ccc(Cl)cc1-c1nc2ccc(Cl)cc2c(=O)[nH]1. The van der Waals surface area contributed by atoms with Crippen molar-refractivity contribution in [2.75, 3.05) is 53.8 Å². The van der Waals surface area contributed by atoms with Gasteiger partial charge < -0.3 is 19.5 Å². The molecule has 180 valence electrons. The molecule has 0 saturated heterocycles. The lowest BCUT2D eigenvalue weighted by molar-refractivity contribution is 0.282. The van der Waals surface area contributed by atoms with Gasteiger partial charge in [-0.05, 0) is 84.0 Å². The van der Waals surface area contributed by atoms with Crippen molar-refractivity contribution in [2.45, 2.75) is 12.8 Å². The lowest BCUT2D eigenvalue weighted by Crippen LogP contribution is -2.15. The molecule has 0 spiro atoms. The first-order valence-corrected chi connectivity index (χ1v) is 12.0. The van der Waals surface area contributed by atoms with Crippen LogP contribution in [0.2, 0.25) is 10.0 Å². The molecule has 0 atom stereocenters. The third-order valence-corrected chi connectivity index (χ3v) is 5.35. The first kappa shape index (κ1) is 27.4. The van der Waals surface area contributed by atoms with Crippen molar-refractivity contribution in [1.29, 1.82) is 0 Å². The molecule has 9 heteroatoms. The Kier molecular flexibility index (Phi) is 11.4. The average Bonchev–Trinajstić information content (AvgIpc) is 2.76. The van der Waals surface area contributed by atoms with E-state index < -0.39 is 0 Å². The molecule has 0 bridgehead atoms. The Morgan fingerprint density at radius 1 is 0.939 bits per heavy atom. The van der Waals surface area contributed by atoms with Crippen molar-refractivity contribution in [3.63, 3.8) is 0 Å². The predicted octanol–water partition coefficient (Wildman–Crippen LogP) is 5.40. The number of hydrogen-bond donors (Lipinski definition) is 1. The molecule has 2 aromatic carbocycles. The van der Waals surface area contributed by atoms with Crippen LogP contribution >= 0.6 is 34.8 Å². The molecule has 0 amide bonds.